The van der Waals surface area contributed by atoms with Crippen LogP contribution in [0, 0.1) is 5.53 Å². The summed E-state index contributed by atoms with van der Waals surface area (Å²) in [5.41, 5.74) is 13.9. The second kappa shape index (κ2) is 2.86. The largest absolute Gasteiger partial charge is 0.289 e. The lowest BCUT2D eigenvalue weighted by Crippen LogP contribution is -1.89. The van der Waals surface area contributed by atoms with Gasteiger partial charge in [0.25, 0.3) is 0 Å². The third-order valence-electron chi connectivity index (χ3n) is 1.41. The van der Waals surface area contributed by atoms with E-state index in [4.69, 9.17) is 11.1 Å². The molecule has 0 atom stereocenters. The SMILES string of the molecule is O=C1C2=CC=C1C=C2.[N-]=[N+]=N. The van der Waals surface area contributed by atoms with E-state index in [-0.39, 0.29) is 5.78 Å². The molecule has 0 saturated carbocycles. The molecule has 1 N–H and O–H groups in total. The number of rotatable bonds is 0. The molecule has 2 aliphatic rings. The van der Waals surface area contributed by atoms with Crippen LogP contribution in [-0.4, -0.2) is 5.78 Å². The van der Waals surface area contributed by atoms with Crippen LogP contribution in [0.2, 0.25) is 0 Å². The average molecular weight is 147 g/mol. The maximum atomic E-state index is 10.8. The molecule has 2 rings (SSSR count). The van der Waals surface area contributed by atoms with E-state index in [1.165, 1.54) is 0 Å². The predicted octanol–water partition coefficient (Wildman–Crippen LogP) is 1.87. The minimum Gasteiger partial charge on any atom is -0.289 e. The standard InChI is InChI=1S/C7H4O.HN3/c8-7-5-1-2-6(7)4-3-5;1-3-2/h1-4H;1H. The van der Waals surface area contributed by atoms with Gasteiger partial charge in [-0.3, -0.25) is 4.79 Å². The Labute approximate surface area is 62.9 Å². The van der Waals surface area contributed by atoms with Gasteiger partial charge in [0.2, 0.25) is 0 Å². The summed E-state index contributed by atoms with van der Waals surface area (Å²) in [4.78, 5) is 12.5. The van der Waals surface area contributed by atoms with Gasteiger partial charge in [-0.05, 0) is 10.4 Å². The van der Waals surface area contributed by atoms with E-state index in [1.807, 2.05) is 24.3 Å². The zero-order chi connectivity index (χ0) is 8.27. The van der Waals surface area contributed by atoms with Crippen molar-refractivity contribution in [3.63, 3.8) is 0 Å². The minimum absolute atomic E-state index is 0.185. The molecule has 0 spiro atoms. The lowest BCUT2D eigenvalue weighted by Gasteiger charge is -1.78. The third-order valence-corrected chi connectivity index (χ3v) is 1.41. The molecular formula is C7H5N3O. The van der Waals surface area contributed by atoms with Crippen molar-refractivity contribution in [2.24, 2.45) is 0 Å². The molecule has 2 bridgehead atoms. The summed E-state index contributed by atoms with van der Waals surface area (Å²) in [6.07, 6.45) is 7.38. The number of carbonyl (C=O) groups is 1. The molecule has 4 nitrogen and oxygen atoms in total. The van der Waals surface area contributed by atoms with Crippen LogP contribution in [0.5, 0.6) is 0 Å². The summed E-state index contributed by atoms with van der Waals surface area (Å²) in [6.45, 7) is 0. The van der Waals surface area contributed by atoms with E-state index in [2.05, 4.69) is 0 Å². The molecule has 11 heavy (non-hydrogen) atoms. The molecule has 0 aromatic heterocycles. The van der Waals surface area contributed by atoms with Crippen LogP contribution in [0.25, 0.3) is 10.4 Å². The molecule has 0 aromatic rings. The van der Waals surface area contributed by atoms with Gasteiger partial charge in [0.15, 0.2) is 5.78 Å². The molecule has 0 unspecified atom stereocenters. The maximum Gasteiger partial charge on any atom is 0.193 e. The van der Waals surface area contributed by atoms with Crippen molar-refractivity contribution >= 4 is 5.78 Å². The van der Waals surface area contributed by atoms with Crippen molar-refractivity contribution in [2.45, 2.75) is 0 Å². The number of hydrogen-bond donors (Lipinski definition) is 1. The first-order chi connectivity index (χ1) is 5.29. The van der Waals surface area contributed by atoms with Crippen molar-refractivity contribution < 1.29 is 4.79 Å². The Morgan fingerprint density at radius 2 is 1.64 bits per heavy atom. The number of allylic oxidation sites excluding steroid dienone is 6. The fourth-order valence-electron chi connectivity index (χ4n) is 0.940. The predicted molar refractivity (Wildman–Crippen MR) is 39.8 cm³/mol. The highest BCUT2D eigenvalue weighted by atomic mass is 16.1. The van der Waals surface area contributed by atoms with Gasteiger partial charge in [-0.25, -0.2) is 0 Å². The number of hydrogen-bond acceptors (Lipinski definition) is 2. The number of nitrogens with one attached hydrogen (secondary N) is 1. The summed E-state index contributed by atoms with van der Waals surface area (Å²) in [6, 6.07) is 0. The van der Waals surface area contributed by atoms with Crippen LogP contribution in [0.1, 0.15) is 0 Å². The molecule has 0 radical (unpaired) electrons. The normalized spacial score (nSPS) is 16.5. The lowest BCUT2D eigenvalue weighted by atomic mass is 10.2. The fraction of sp³-hybridized carbons (Fsp3) is 0. The van der Waals surface area contributed by atoms with E-state index >= 15 is 0 Å². The van der Waals surface area contributed by atoms with Crippen LogP contribution in [0.4, 0.5) is 0 Å². The van der Waals surface area contributed by atoms with Gasteiger partial charge in [-0.2, -0.15) is 0 Å². The number of ketones is 1. The Morgan fingerprint density at radius 1 is 1.27 bits per heavy atom. The molecule has 0 heterocycles. The summed E-state index contributed by atoms with van der Waals surface area (Å²) >= 11 is 0. The molecule has 0 aliphatic heterocycles. The van der Waals surface area contributed by atoms with Gasteiger partial charge in [0, 0.05) is 11.1 Å². The first-order valence-corrected chi connectivity index (χ1v) is 2.95. The van der Waals surface area contributed by atoms with Crippen LogP contribution in [-0.2, 0) is 4.79 Å². The van der Waals surface area contributed by atoms with E-state index in [0.717, 1.165) is 11.1 Å². The first kappa shape index (κ1) is 7.31. The Morgan fingerprint density at radius 3 is 1.73 bits per heavy atom. The van der Waals surface area contributed by atoms with Crippen LogP contribution in [0.3, 0.4) is 0 Å². The molecule has 4 heteroatoms. The highest BCUT2D eigenvalue weighted by Gasteiger charge is 2.19. The monoisotopic (exact) mass is 147 g/mol. The van der Waals surface area contributed by atoms with Crippen LogP contribution >= 0.6 is 0 Å². The molecule has 0 amide bonds. The average Bonchev–Trinajstić information content (AvgIpc) is 2.51. The molecular weight excluding hydrogens is 142 g/mol. The number of nitrogens with zero attached hydrogens (tertiary/aromatic N) is 2. The van der Waals surface area contributed by atoms with E-state index in [0.29, 0.717) is 0 Å². The fourth-order valence-corrected chi connectivity index (χ4v) is 0.940. The third kappa shape index (κ3) is 1.20. The zero-order valence-electron chi connectivity index (χ0n) is 5.61. The molecule has 2 aliphatic carbocycles. The van der Waals surface area contributed by atoms with Gasteiger partial charge < -0.3 is 0 Å². The lowest BCUT2D eigenvalue weighted by molar-refractivity contribution is -0.111. The Bertz CT molecular complexity index is 293. The van der Waals surface area contributed by atoms with Crippen LogP contribution < -0.4 is 0 Å². The van der Waals surface area contributed by atoms with Crippen LogP contribution in [0.15, 0.2) is 35.5 Å². The molecule has 0 aromatic carbocycles. The zero-order valence-corrected chi connectivity index (χ0v) is 5.61. The molecule has 0 fully saturated rings. The minimum atomic E-state index is 0.185. The van der Waals surface area contributed by atoms with Gasteiger partial charge >= 0.3 is 0 Å². The smallest absolute Gasteiger partial charge is 0.193 e. The number of Topliss-reactive ketones (excluding diaryl/α,β-unsaturated/α-hetero) is 1. The second-order valence-corrected chi connectivity index (χ2v) is 2.01. The summed E-state index contributed by atoms with van der Waals surface area (Å²) in [7, 11) is 0. The quantitative estimate of drug-likeness (QED) is 0.317. The summed E-state index contributed by atoms with van der Waals surface area (Å²) in [5, 5.41) is 0. The maximum absolute atomic E-state index is 10.8. The summed E-state index contributed by atoms with van der Waals surface area (Å²) < 4.78 is 0. The van der Waals surface area contributed by atoms with Gasteiger partial charge in [-0.1, -0.05) is 24.3 Å². The van der Waals surface area contributed by atoms with E-state index < -0.39 is 0 Å². The highest BCUT2D eigenvalue weighted by molar-refractivity contribution is 6.17. The van der Waals surface area contributed by atoms with Crippen molar-refractivity contribution in [3.05, 3.63) is 45.9 Å². The Kier molecular flexibility index (Phi) is 1.90. The second-order valence-electron chi connectivity index (χ2n) is 2.01. The summed E-state index contributed by atoms with van der Waals surface area (Å²) in [5.74, 6) is 0.185. The highest BCUT2D eigenvalue weighted by Crippen LogP contribution is 2.23. The van der Waals surface area contributed by atoms with Gasteiger partial charge in [0.05, 0.1) is 0 Å². The van der Waals surface area contributed by atoms with Crippen molar-refractivity contribution in [2.75, 3.05) is 0 Å². The van der Waals surface area contributed by atoms with Gasteiger partial charge in [0.1, 0.15) is 0 Å². The first-order valence-electron chi connectivity index (χ1n) is 2.95. The molecule has 0 saturated heterocycles. The topological polar surface area (TPSA) is 77.3 Å². The Hall–Kier alpha value is -1.80. The molecule has 54 valence electrons. The van der Waals surface area contributed by atoms with E-state index in [1.54, 1.807) is 4.91 Å². The van der Waals surface area contributed by atoms with Gasteiger partial charge in [-0.15, -0.1) is 5.53 Å². The number of fused-ring (bicyclic) bond motifs is 2. The number of carbonyl (C=O) groups excluding carboxylic acids is 1. The van der Waals surface area contributed by atoms with E-state index in [9.17, 15) is 4.79 Å². The Balaban J connectivity index is 0.000000179. The van der Waals surface area contributed by atoms with Crippen molar-refractivity contribution in [3.8, 4) is 0 Å². The van der Waals surface area contributed by atoms with Crippen molar-refractivity contribution in [1.29, 1.82) is 5.53 Å². The van der Waals surface area contributed by atoms with Crippen molar-refractivity contribution in [1.82, 2.24) is 0 Å².